The number of nitrogens with zero attached hydrogens (tertiary/aromatic N) is 2. The van der Waals surface area contributed by atoms with E-state index in [4.69, 9.17) is 4.74 Å². The van der Waals surface area contributed by atoms with E-state index in [1.807, 2.05) is 13.2 Å². The first-order valence-corrected chi connectivity index (χ1v) is 16.0. The fraction of sp³-hybridized carbons (Fsp3) is 0.333. The predicted octanol–water partition coefficient (Wildman–Crippen LogP) is 5.09. The first-order chi connectivity index (χ1) is 19.6. The van der Waals surface area contributed by atoms with Gasteiger partial charge in [-0.3, -0.25) is 13.9 Å². The third-order valence-corrected chi connectivity index (χ3v) is 8.90. The first-order valence-electron chi connectivity index (χ1n) is 13.4. The van der Waals surface area contributed by atoms with Crippen LogP contribution in [-0.2, 0) is 26.2 Å². The number of ether oxygens (including phenoxy) is 1. The molecule has 0 unspecified atom stereocenters. The van der Waals surface area contributed by atoms with Gasteiger partial charge in [-0.05, 0) is 92.8 Å². The molecule has 3 rings (SSSR count). The van der Waals surface area contributed by atoms with Crippen LogP contribution < -0.4 is 14.4 Å². The number of amides is 2. The normalized spacial score (nSPS) is 11.9. The minimum absolute atomic E-state index is 0.00562. The molecule has 0 radical (unpaired) electrons. The van der Waals surface area contributed by atoms with Crippen LogP contribution in [0.5, 0.6) is 5.75 Å². The topological polar surface area (TPSA) is 96.0 Å². The lowest BCUT2D eigenvalue weighted by molar-refractivity contribution is -0.140. The number of carbonyl (C=O) groups excluding carboxylic acids is 2. The largest absolute Gasteiger partial charge is 0.494 e. The monoisotopic (exact) mass is 601 g/mol. The summed E-state index contributed by atoms with van der Waals surface area (Å²) < 4.78 is 48.1. The number of benzene rings is 3. The van der Waals surface area contributed by atoms with Crippen LogP contribution in [0.4, 0.5) is 10.1 Å². The Hall–Kier alpha value is -3.57. The molecule has 2 amide bonds. The van der Waals surface area contributed by atoms with Crippen LogP contribution in [0.25, 0.3) is 0 Å². The Morgan fingerprint density at radius 1 is 0.951 bits per heavy atom. The van der Waals surface area contributed by atoms with Gasteiger partial charge in [-0.15, -0.1) is 11.8 Å². The average molecular weight is 602 g/mol. The lowest BCUT2D eigenvalue weighted by Gasteiger charge is -2.33. The van der Waals surface area contributed by atoms with Crippen LogP contribution in [0.3, 0.4) is 0 Å². The number of likely N-dealkylation sites (N-methyl/N-ethyl adjacent to an activating group) is 1. The fourth-order valence-electron chi connectivity index (χ4n) is 4.28. The molecule has 0 bridgehead atoms. The number of halogens is 1. The van der Waals surface area contributed by atoms with Gasteiger partial charge < -0.3 is 15.0 Å². The summed E-state index contributed by atoms with van der Waals surface area (Å²) >= 11 is 1.48. The summed E-state index contributed by atoms with van der Waals surface area (Å²) in [7, 11) is -4.19. The molecule has 1 atom stereocenters. The number of rotatable bonds is 14. The molecule has 0 heterocycles. The van der Waals surface area contributed by atoms with Gasteiger partial charge in [0.25, 0.3) is 10.0 Å². The summed E-state index contributed by atoms with van der Waals surface area (Å²) in [5, 5.41) is 2.76. The number of nitrogens with one attached hydrogen (secondary N) is 1. The van der Waals surface area contributed by atoms with Crippen molar-refractivity contribution in [3.05, 3.63) is 84.2 Å². The molecule has 41 heavy (non-hydrogen) atoms. The second kappa shape index (κ2) is 14.9. The number of thioether (sulfide) groups is 1. The van der Waals surface area contributed by atoms with Crippen molar-refractivity contribution < 1.29 is 27.1 Å². The molecule has 0 spiro atoms. The maximum absolute atomic E-state index is 14.0. The van der Waals surface area contributed by atoms with E-state index in [9.17, 15) is 22.4 Å². The smallest absolute Gasteiger partial charge is 0.264 e. The van der Waals surface area contributed by atoms with Crippen molar-refractivity contribution in [1.82, 2.24) is 10.2 Å². The van der Waals surface area contributed by atoms with Crippen molar-refractivity contribution in [2.75, 3.05) is 30.3 Å². The molecule has 0 aliphatic heterocycles. The first kappa shape index (κ1) is 32.0. The van der Waals surface area contributed by atoms with Gasteiger partial charge in [0.05, 0.1) is 17.2 Å². The molecule has 8 nitrogen and oxygen atoms in total. The van der Waals surface area contributed by atoms with E-state index >= 15 is 0 Å². The Balaban J connectivity index is 2.05. The highest BCUT2D eigenvalue weighted by atomic mass is 32.2. The minimum atomic E-state index is -4.19. The van der Waals surface area contributed by atoms with Gasteiger partial charge in [-0.25, -0.2) is 12.8 Å². The molecule has 0 aliphatic carbocycles. The summed E-state index contributed by atoms with van der Waals surface area (Å²) in [6, 6.07) is 17.6. The molecule has 3 aromatic carbocycles. The average Bonchev–Trinajstić information content (AvgIpc) is 2.97. The van der Waals surface area contributed by atoms with Crippen LogP contribution in [0.2, 0.25) is 0 Å². The zero-order chi connectivity index (χ0) is 30.0. The number of hydrogen-bond acceptors (Lipinski definition) is 6. The van der Waals surface area contributed by atoms with Gasteiger partial charge in [0.2, 0.25) is 11.8 Å². The number of anilines is 1. The molecule has 0 saturated carbocycles. The van der Waals surface area contributed by atoms with Gasteiger partial charge in [0.1, 0.15) is 24.2 Å². The summed E-state index contributed by atoms with van der Waals surface area (Å²) in [4.78, 5) is 29.3. The van der Waals surface area contributed by atoms with Crippen molar-refractivity contribution in [1.29, 1.82) is 0 Å². The van der Waals surface area contributed by atoms with Crippen molar-refractivity contribution >= 4 is 39.3 Å². The zero-order valence-corrected chi connectivity index (χ0v) is 25.3. The summed E-state index contributed by atoms with van der Waals surface area (Å²) in [6.45, 7) is 5.64. The summed E-state index contributed by atoms with van der Waals surface area (Å²) in [6.07, 6.45) is 2.19. The van der Waals surface area contributed by atoms with E-state index in [2.05, 4.69) is 5.32 Å². The van der Waals surface area contributed by atoms with E-state index < -0.39 is 34.3 Å². The Bertz CT molecular complexity index is 1400. The maximum Gasteiger partial charge on any atom is 0.264 e. The predicted molar refractivity (Wildman–Crippen MR) is 160 cm³/mol. The number of sulfonamides is 1. The van der Waals surface area contributed by atoms with Crippen molar-refractivity contribution in [3.8, 4) is 5.75 Å². The molecule has 0 aliphatic rings. The van der Waals surface area contributed by atoms with Crippen LogP contribution in [0, 0.1) is 5.82 Å². The summed E-state index contributed by atoms with van der Waals surface area (Å²) in [5.74, 6) is -0.800. The quantitative estimate of drug-likeness (QED) is 0.259. The highest BCUT2D eigenvalue weighted by Crippen LogP contribution is 2.28. The molecule has 220 valence electrons. The van der Waals surface area contributed by atoms with Gasteiger partial charge in [-0.1, -0.05) is 19.1 Å². The third kappa shape index (κ3) is 8.23. The van der Waals surface area contributed by atoms with Crippen molar-refractivity contribution in [2.24, 2.45) is 0 Å². The molecular weight excluding hydrogens is 565 g/mol. The third-order valence-electron chi connectivity index (χ3n) is 6.37. The van der Waals surface area contributed by atoms with Crippen LogP contribution >= 0.6 is 11.8 Å². The fourth-order valence-corrected chi connectivity index (χ4v) is 6.10. The molecule has 0 aromatic heterocycles. The lowest BCUT2D eigenvalue weighted by atomic mass is 10.1. The Morgan fingerprint density at radius 3 is 2.12 bits per heavy atom. The number of carbonyl (C=O) groups is 2. The Kier molecular flexibility index (Phi) is 11.6. The van der Waals surface area contributed by atoms with E-state index in [0.717, 1.165) is 9.20 Å². The molecule has 0 fully saturated rings. The van der Waals surface area contributed by atoms with Gasteiger partial charge in [0.15, 0.2) is 0 Å². The van der Waals surface area contributed by atoms with E-state index in [1.54, 1.807) is 50.2 Å². The molecule has 11 heteroatoms. The van der Waals surface area contributed by atoms with Gasteiger partial charge in [0, 0.05) is 18.0 Å². The SMILES string of the molecule is CCNC(=O)[C@@H](CC)N(Cc1ccc(F)cc1)C(=O)CN(c1ccc(OCC)cc1)S(=O)(=O)c1ccc(SC)cc1. The van der Waals surface area contributed by atoms with E-state index in [1.165, 1.54) is 53.1 Å². The summed E-state index contributed by atoms with van der Waals surface area (Å²) in [5.41, 5.74) is 0.870. The zero-order valence-electron chi connectivity index (χ0n) is 23.7. The number of hydrogen-bond donors (Lipinski definition) is 1. The van der Waals surface area contributed by atoms with E-state index in [-0.39, 0.29) is 23.0 Å². The molecule has 0 saturated heterocycles. The molecule has 3 aromatic rings. The van der Waals surface area contributed by atoms with Crippen LogP contribution in [-0.4, -0.2) is 57.1 Å². The highest BCUT2D eigenvalue weighted by molar-refractivity contribution is 7.98. The van der Waals surface area contributed by atoms with Crippen LogP contribution in [0.15, 0.2) is 82.6 Å². The highest BCUT2D eigenvalue weighted by Gasteiger charge is 2.33. The molecule has 1 N–H and O–H groups in total. The minimum Gasteiger partial charge on any atom is -0.494 e. The lowest BCUT2D eigenvalue weighted by Crippen LogP contribution is -2.52. The Labute approximate surface area is 245 Å². The van der Waals surface area contributed by atoms with Crippen molar-refractivity contribution in [2.45, 2.75) is 49.6 Å². The van der Waals surface area contributed by atoms with Gasteiger partial charge >= 0.3 is 0 Å². The second-order valence-corrected chi connectivity index (χ2v) is 11.8. The standard InChI is InChI=1S/C30H36FN3O5S2/c1-5-28(30(36)32-6-2)33(20-22-8-10-23(31)11-9-22)29(35)21-34(24-12-14-25(15-13-24)39-7-3)41(37,38)27-18-16-26(40-4)17-19-27/h8-19,28H,5-7,20-21H2,1-4H3,(H,32,36)/t28-/m1/s1. The van der Waals surface area contributed by atoms with Crippen molar-refractivity contribution in [3.63, 3.8) is 0 Å². The maximum atomic E-state index is 14.0. The second-order valence-electron chi connectivity index (χ2n) is 9.08. The van der Waals surface area contributed by atoms with Gasteiger partial charge in [-0.2, -0.15) is 0 Å². The molecular formula is C30H36FN3O5S2. The Morgan fingerprint density at radius 2 is 1.59 bits per heavy atom. The van der Waals surface area contributed by atoms with E-state index in [0.29, 0.717) is 30.9 Å². The van der Waals surface area contributed by atoms with Crippen LogP contribution in [0.1, 0.15) is 32.8 Å².